The first-order valence-corrected chi connectivity index (χ1v) is 25.2. The largest absolute Gasteiger partial charge is 0.309 e. The molecule has 2 spiro atoms. The molecule has 8 aromatic carbocycles. The zero-order chi connectivity index (χ0) is 44.9. The van der Waals surface area contributed by atoms with E-state index in [1.54, 1.807) is 0 Å². The van der Waals surface area contributed by atoms with Crippen LogP contribution in [0.2, 0.25) is 0 Å². The summed E-state index contributed by atoms with van der Waals surface area (Å²) in [6.07, 6.45) is 0. The van der Waals surface area contributed by atoms with Gasteiger partial charge in [0.05, 0.1) is 21.9 Å². The first kappa shape index (κ1) is 39.2. The van der Waals surface area contributed by atoms with Gasteiger partial charge < -0.3 is 4.57 Å². The van der Waals surface area contributed by atoms with Crippen molar-refractivity contribution in [3.63, 3.8) is 0 Å². The van der Waals surface area contributed by atoms with E-state index in [1.165, 1.54) is 114 Å². The fraction of sp³-hybridized carbons (Fsp3) is 0.125. The zero-order valence-corrected chi connectivity index (χ0v) is 39.6. The number of hydrogen-bond acceptors (Lipinski definition) is 2. The SMILES string of the molecule is CC1(C)c2ccccc2C2(c3ccccc31)c1cc(-c3cccc(-n4c5ccccc5c5ccccc54)c3)sc1C1(c3ccccc3C(C)(C)c3ccccc31)c1cc(-c3ccccc3)sc12. The van der Waals surface area contributed by atoms with Crippen molar-refractivity contribution in [1.82, 2.24) is 4.57 Å². The minimum absolute atomic E-state index is 0.211. The van der Waals surface area contributed by atoms with Crippen molar-refractivity contribution in [2.24, 2.45) is 0 Å². The van der Waals surface area contributed by atoms with Crippen molar-refractivity contribution < 1.29 is 0 Å². The highest BCUT2D eigenvalue weighted by Gasteiger charge is 2.62. The van der Waals surface area contributed by atoms with Gasteiger partial charge in [0, 0.05) is 46.8 Å². The average molecular weight is 894 g/mol. The molecule has 0 saturated carbocycles. The lowest BCUT2D eigenvalue weighted by atomic mass is 9.48. The van der Waals surface area contributed by atoms with Crippen LogP contribution < -0.4 is 0 Å². The predicted molar refractivity (Wildman–Crippen MR) is 282 cm³/mol. The van der Waals surface area contributed by atoms with Crippen molar-refractivity contribution in [2.45, 2.75) is 49.4 Å². The molecule has 0 fully saturated rings. The summed E-state index contributed by atoms with van der Waals surface area (Å²) < 4.78 is 2.46. The van der Waals surface area contributed by atoms with Crippen LogP contribution in [0.1, 0.15) is 93.1 Å². The fourth-order valence-corrected chi connectivity index (χ4v) is 16.0. The number of nitrogens with zero attached hydrogens (tertiary/aromatic N) is 1. The number of hydrogen-bond donors (Lipinski definition) is 0. The highest BCUT2D eigenvalue weighted by molar-refractivity contribution is 7.17. The molecular weight excluding hydrogens is 847 g/mol. The highest BCUT2D eigenvalue weighted by atomic mass is 32.1. The first-order valence-electron chi connectivity index (χ1n) is 23.6. The van der Waals surface area contributed by atoms with Crippen molar-refractivity contribution in [3.8, 4) is 26.6 Å². The van der Waals surface area contributed by atoms with Gasteiger partial charge in [0.25, 0.3) is 0 Å². The molecule has 0 radical (unpaired) electrons. The molecule has 0 unspecified atom stereocenters. The topological polar surface area (TPSA) is 4.93 Å². The number of para-hydroxylation sites is 2. The maximum atomic E-state index is 2.63. The van der Waals surface area contributed by atoms with Crippen molar-refractivity contribution in [1.29, 1.82) is 0 Å². The molecule has 0 aliphatic heterocycles. The van der Waals surface area contributed by atoms with Crippen LogP contribution in [0.25, 0.3) is 48.4 Å². The smallest absolute Gasteiger partial charge is 0.0815 e. The van der Waals surface area contributed by atoms with E-state index in [4.69, 9.17) is 0 Å². The molecular formula is C64H47NS2. The Morgan fingerprint density at radius 1 is 0.313 bits per heavy atom. The van der Waals surface area contributed by atoms with E-state index in [-0.39, 0.29) is 10.8 Å². The van der Waals surface area contributed by atoms with E-state index in [0.29, 0.717) is 0 Å². The van der Waals surface area contributed by atoms with E-state index < -0.39 is 10.8 Å². The monoisotopic (exact) mass is 893 g/mol. The molecule has 14 rings (SSSR count). The number of fused-ring (bicyclic) bond motifs is 17. The Kier molecular flexibility index (Phi) is 8.04. The van der Waals surface area contributed by atoms with Gasteiger partial charge in [0.2, 0.25) is 0 Å². The molecule has 67 heavy (non-hydrogen) atoms. The molecule has 3 aliphatic rings. The van der Waals surface area contributed by atoms with Crippen LogP contribution >= 0.6 is 22.7 Å². The van der Waals surface area contributed by atoms with E-state index in [2.05, 4.69) is 245 Å². The van der Waals surface area contributed by atoms with Gasteiger partial charge in [-0.2, -0.15) is 0 Å². The standard InChI is InChI=1S/C64H47NS2/c1-61(2)45-27-10-14-31-49(45)63(50-32-15-11-28-46(50)61)53-38-57(40-21-6-5-7-22-40)66-59(53)64(51-33-16-12-29-47(51)62(3,4)48-30-13-17-34-52(48)64)54-39-58(67-60(54)63)41-23-20-24-42(37-41)65-55-35-18-8-25-43(55)44-26-9-19-36-56(44)65/h5-39H,1-4H3. The Hall–Kier alpha value is -7.04. The minimum Gasteiger partial charge on any atom is -0.309 e. The van der Waals surface area contributed by atoms with Gasteiger partial charge in [-0.05, 0) is 103 Å². The first-order chi connectivity index (χ1) is 32.7. The van der Waals surface area contributed by atoms with Crippen molar-refractivity contribution in [2.75, 3.05) is 0 Å². The third-order valence-electron chi connectivity index (χ3n) is 16.0. The summed E-state index contributed by atoms with van der Waals surface area (Å²) >= 11 is 4.03. The highest BCUT2D eigenvalue weighted by Crippen LogP contribution is 2.70. The van der Waals surface area contributed by atoms with Crippen LogP contribution in [0.15, 0.2) is 212 Å². The van der Waals surface area contributed by atoms with Crippen molar-refractivity contribution >= 4 is 44.5 Å². The Balaban J connectivity index is 1.15. The second-order valence-electron chi connectivity index (χ2n) is 19.9. The molecule has 3 aliphatic carbocycles. The maximum absolute atomic E-state index is 2.63. The van der Waals surface area contributed by atoms with Gasteiger partial charge in [-0.15, -0.1) is 22.7 Å². The molecule has 0 N–H and O–H groups in total. The Labute approximate surface area is 400 Å². The van der Waals surface area contributed by atoms with Crippen LogP contribution in [-0.4, -0.2) is 4.57 Å². The Bertz CT molecular complexity index is 3530. The summed E-state index contributed by atoms with van der Waals surface area (Å²) in [5.41, 5.74) is 18.4. The molecule has 3 heterocycles. The molecule has 0 saturated heterocycles. The minimum atomic E-state index is -0.591. The van der Waals surface area contributed by atoms with E-state index in [9.17, 15) is 0 Å². The second kappa shape index (κ2) is 13.8. The lowest BCUT2D eigenvalue weighted by molar-refractivity contribution is 0.522. The van der Waals surface area contributed by atoms with Crippen LogP contribution in [0.3, 0.4) is 0 Å². The van der Waals surface area contributed by atoms with Gasteiger partial charge in [-0.3, -0.25) is 0 Å². The summed E-state index contributed by atoms with van der Waals surface area (Å²) in [5, 5.41) is 2.55. The van der Waals surface area contributed by atoms with Crippen molar-refractivity contribution in [3.05, 3.63) is 278 Å². The molecule has 0 amide bonds. The van der Waals surface area contributed by atoms with E-state index in [1.807, 2.05) is 22.7 Å². The number of rotatable bonds is 3. The molecule has 11 aromatic rings. The number of aromatic nitrogens is 1. The normalized spacial score (nSPS) is 16.2. The lowest BCUT2D eigenvalue weighted by Gasteiger charge is -2.55. The summed E-state index contributed by atoms with van der Waals surface area (Å²) in [6, 6.07) is 81.1. The number of benzene rings is 8. The predicted octanol–water partition coefficient (Wildman–Crippen LogP) is 16.6. The zero-order valence-electron chi connectivity index (χ0n) is 38.0. The van der Waals surface area contributed by atoms with Crippen LogP contribution in [-0.2, 0) is 21.7 Å². The van der Waals surface area contributed by atoms with Crippen LogP contribution in [0, 0.1) is 0 Å². The Morgan fingerprint density at radius 3 is 1.12 bits per heavy atom. The summed E-state index contributed by atoms with van der Waals surface area (Å²) in [4.78, 5) is 5.42. The lowest BCUT2D eigenvalue weighted by Crippen LogP contribution is -2.50. The molecule has 1 nitrogen and oxygen atoms in total. The molecule has 3 heteroatoms. The molecule has 0 bridgehead atoms. The number of thiophene rings is 2. The van der Waals surface area contributed by atoms with Gasteiger partial charge in [0.1, 0.15) is 0 Å². The summed E-state index contributed by atoms with van der Waals surface area (Å²) in [6.45, 7) is 9.73. The quantitative estimate of drug-likeness (QED) is 0.167. The summed E-state index contributed by atoms with van der Waals surface area (Å²) in [7, 11) is 0. The van der Waals surface area contributed by atoms with Gasteiger partial charge in [0.15, 0.2) is 0 Å². The third kappa shape index (κ3) is 4.93. The van der Waals surface area contributed by atoms with E-state index >= 15 is 0 Å². The van der Waals surface area contributed by atoms with Gasteiger partial charge in [-0.25, -0.2) is 0 Å². The Morgan fingerprint density at radius 2 is 0.672 bits per heavy atom. The second-order valence-corrected chi connectivity index (χ2v) is 22.0. The van der Waals surface area contributed by atoms with Gasteiger partial charge >= 0.3 is 0 Å². The third-order valence-corrected chi connectivity index (χ3v) is 18.6. The fourth-order valence-electron chi connectivity index (χ4n) is 13.1. The average Bonchev–Trinajstić information content (AvgIpc) is 4.12. The van der Waals surface area contributed by atoms with E-state index in [0.717, 1.165) is 0 Å². The molecule has 3 aromatic heterocycles. The molecule has 320 valence electrons. The van der Waals surface area contributed by atoms with Crippen LogP contribution in [0.5, 0.6) is 0 Å². The molecule has 0 atom stereocenters. The maximum Gasteiger partial charge on any atom is 0.0815 e. The van der Waals surface area contributed by atoms with Gasteiger partial charge in [-0.1, -0.05) is 204 Å². The summed E-state index contributed by atoms with van der Waals surface area (Å²) in [5.74, 6) is 0. The van der Waals surface area contributed by atoms with Crippen LogP contribution in [0.4, 0.5) is 0 Å².